The van der Waals surface area contributed by atoms with E-state index in [0.717, 1.165) is 25.3 Å². The predicted octanol–water partition coefficient (Wildman–Crippen LogP) is 2.75. The van der Waals surface area contributed by atoms with Gasteiger partial charge in [0.15, 0.2) is 0 Å². The van der Waals surface area contributed by atoms with E-state index >= 15 is 0 Å². The molecular weight excluding hydrogens is 300 g/mol. The van der Waals surface area contributed by atoms with Crippen molar-refractivity contribution < 1.29 is 9.53 Å². The minimum absolute atomic E-state index is 0. The maximum Gasteiger partial charge on any atom is 0.236 e. The maximum atomic E-state index is 12.2. The van der Waals surface area contributed by atoms with E-state index in [1.165, 1.54) is 5.56 Å². The minimum Gasteiger partial charge on any atom is -0.497 e. The molecule has 0 heterocycles. The molecule has 22 heavy (non-hydrogen) atoms. The van der Waals surface area contributed by atoms with Crippen LogP contribution in [-0.2, 0) is 11.2 Å². The highest BCUT2D eigenvalue weighted by atomic mass is 35.5. The van der Waals surface area contributed by atoms with Gasteiger partial charge in [-0.2, -0.15) is 0 Å². The number of carbonyl (C=O) groups is 1. The van der Waals surface area contributed by atoms with E-state index in [0.29, 0.717) is 6.54 Å². The van der Waals surface area contributed by atoms with Gasteiger partial charge >= 0.3 is 0 Å². The van der Waals surface area contributed by atoms with Crippen LogP contribution < -0.4 is 10.1 Å². The highest BCUT2D eigenvalue weighted by Crippen LogP contribution is 2.17. The smallest absolute Gasteiger partial charge is 0.236 e. The Balaban J connectivity index is 0.00000441. The van der Waals surface area contributed by atoms with E-state index in [-0.39, 0.29) is 23.7 Å². The summed E-state index contributed by atoms with van der Waals surface area (Å²) in [6.07, 6.45) is 0.857. The SMILES string of the molecule is CNCC(=O)N(CCc1ccc(OC)cc1)CC(C)(C)C.Cl. The molecule has 1 N–H and O–H groups in total. The van der Waals surface area contributed by atoms with Gasteiger partial charge in [-0.25, -0.2) is 0 Å². The van der Waals surface area contributed by atoms with Gasteiger partial charge in [0.1, 0.15) is 5.75 Å². The van der Waals surface area contributed by atoms with Crippen LogP contribution in [0.5, 0.6) is 5.75 Å². The summed E-state index contributed by atoms with van der Waals surface area (Å²) in [5.74, 6) is 1.01. The summed E-state index contributed by atoms with van der Waals surface area (Å²) < 4.78 is 5.16. The van der Waals surface area contributed by atoms with Gasteiger partial charge in [0, 0.05) is 13.1 Å². The third kappa shape index (κ3) is 7.66. The topological polar surface area (TPSA) is 41.6 Å². The lowest BCUT2D eigenvalue weighted by Crippen LogP contribution is -2.42. The highest BCUT2D eigenvalue weighted by molar-refractivity contribution is 5.85. The molecule has 1 amide bonds. The van der Waals surface area contributed by atoms with Crippen molar-refractivity contribution >= 4 is 18.3 Å². The zero-order chi connectivity index (χ0) is 15.9. The molecule has 0 atom stereocenters. The van der Waals surface area contributed by atoms with E-state index in [1.54, 1.807) is 14.2 Å². The predicted molar refractivity (Wildman–Crippen MR) is 93.9 cm³/mol. The van der Waals surface area contributed by atoms with Crippen molar-refractivity contribution in [1.29, 1.82) is 0 Å². The van der Waals surface area contributed by atoms with Crippen LogP contribution in [0, 0.1) is 5.41 Å². The molecular formula is C17H29ClN2O2. The van der Waals surface area contributed by atoms with Crippen molar-refractivity contribution in [3.8, 4) is 5.75 Å². The van der Waals surface area contributed by atoms with Crippen molar-refractivity contribution in [1.82, 2.24) is 10.2 Å². The van der Waals surface area contributed by atoms with Gasteiger partial charge in [-0.05, 0) is 36.6 Å². The number of halogens is 1. The fraction of sp³-hybridized carbons (Fsp3) is 0.588. The van der Waals surface area contributed by atoms with Crippen LogP contribution in [0.1, 0.15) is 26.3 Å². The summed E-state index contributed by atoms with van der Waals surface area (Å²) in [6, 6.07) is 8.02. The average molecular weight is 329 g/mol. The summed E-state index contributed by atoms with van der Waals surface area (Å²) in [6.45, 7) is 8.35. The van der Waals surface area contributed by atoms with Crippen LogP contribution in [0.25, 0.3) is 0 Å². The summed E-state index contributed by atoms with van der Waals surface area (Å²) in [7, 11) is 3.47. The molecule has 0 aliphatic carbocycles. The first kappa shape index (κ1) is 20.7. The van der Waals surface area contributed by atoms with Gasteiger partial charge in [-0.15, -0.1) is 12.4 Å². The number of rotatable bonds is 7. The van der Waals surface area contributed by atoms with Crippen LogP contribution in [0.3, 0.4) is 0 Å². The first-order valence-corrected chi connectivity index (χ1v) is 7.41. The van der Waals surface area contributed by atoms with E-state index in [4.69, 9.17) is 4.74 Å². The lowest BCUT2D eigenvalue weighted by atomic mass is 9.95. The number of hydrogen-bond acceptors (Lipinski definition) is 3. The van der Waals surface area contributed by atoms with Crippen LogP contribution in [0.2, 0.25) is 0 Å². The molecule has 0 saturated heterocycles. The zero-order valence-corrected chi connectivity index (χ0v) is 15.1. The number of hydrogen-bond donors (Lipinski definition) is 1. The summed E-state index contributed by atoms with van der Waals surface area (Å²) in [4.78, 5) is 14.1. The van der Waals surface area contributed by atoms with E-state index in [9.17, 15) is 4.79 Å². The molecule has 4 nitrogen and oxygen atoms in total. The van der Waals surface area contributed by atoms with Crippen molar-refractivity contribution in [2.24, 2.45) is 5.41 Å². The van der Waals surface area contributed by atoms with Gasteiger partial charge in [-0.3, -0.25) is 4.79 Å². The number of benzene rings is 1. The lowest BCUT2D eigenvalue weighted by Gasteiger charge is -2.30. The Morgan fingerprint density at radius 2 is 1.82 bits per heavy atom. The first-order valence-electron chi connectivity index (χ1n) is 7.41. The highest BCUT2D eigenvalue weighted by Gasteiger charge is 2.20. The summed E-state index contributed by atoms with van der Waals surface area (Å²) in [5, 5.41) is 2.94. The molecule has 1 rings (SSSR count). The Bertz CT molecular complexity index is 441. The number of nitrogens with one attached hydrogen (secondary N) is 1. The molecule has 0 unspecified atom stereocenters. The van der Waals surface area contributed by atoms with Crippen molar-refractivity contribution in [2.75, 3.05) is 33.8 Å². The van der Waals surface area contributed by atoms with Crippen LogP contribution >= 0.6 is 12.4 Å². The molecule has 126 valence electrons. The normalized spacial score (nSPS) is 10.8. The van der Waals surface area contributed by atoms with E-state index in [2.05, 4.69) is 38.2 Å². The molecule has 0 bridgehead atoms. The van der Waals surface area contributed by atoms with Gasteiger partial charge in [0.25, 0.3) is 0 Å². The van der Waals surface area contributed by atoms with E-state index < -0.39 is 0 Å². The third-order valence-corrected chi connectivity index (χ3v) is 3.18. The second-order valence-electron chi connectivity index (χ2n) is 6.50. The fourth-order valence-corrected chi connectivity index (χ4v) is 2.18. The monoisotopic (exact) mass is 328 g/mol. The Labute approximate surface area is 140 Å². The molecule has 0 aliphatic heterocycles. The summed E-state index contributed by atoms with van der Waals surface area (Å²) >= 11 is 0. The van der Waals surface area contributed by atoms with Crippen LogP contribution in [-0.4, -0.2) is 44.6 Å². The summed E-state index contributed by atoms with van der Waals surface area (Å²) in [5.41, 5.74) is 1.32. The lowest BCUT2D eigenvalue weighted by molar-refractivity contribution is -0.131. The van der Waals surface area contributed by atoms with Crippen molar-refractivity contribution in [3.63, 3.8) is 0 Å². The number of carbonyl (C=O) groups excluding carboxylic acids is 1. The number of ether oxygens (including phenoxy) is 1. The molecule has 0 radical (unpaired) electrons. The van der Waals surface area contributed by atoms with Gasteiger partial charge in [0.05, 0.1) is 13.7 Å². The molecule has 0 spiro atoms. The molecule has 5 heteroatoms. The third-order valence-electron chi connectivity index (χ3n) is 3.18. The number of methoxy groups -OCH3 is 1. The molecule has 1 aromatic carbocycles. The maximum absolute atomic E-state index is 12.2. The quantitative estimate of drug-likeness (QED) is 0.836. The Morgan fingerprint density at radius 3 is 2.27 bits per heavy atom. The van der Waals surface area contributed by atoms with E-state index in [1.807, 2.05) is 17.0 Å². The Morgan fingerprint density at radius 1 is 1.23 bits per heavy atom. The van der Waals surface area contributed by atoms with Crippen LogP contribution in [0.15, 0.2) is 24.3 Å². The largest absolute Gasteiger partial charge is 0.497 e. The fourth-order valence-electron chi connectivity index (χ4n) is 2.18. The standard InChI is InChI=1S/C17H28N2O2.ClH/c1-17(2,3)13-19(16(20)12-18-4)11-10-14-6-8-15(21-5)9-7-14;/h6-9,18H,10-13H2,1-5H3;1H. The average Bonchev–Trinajstić information content (AvgIpc) is 2.43. The molecule has 0 aromatic heterocycles. The Hall–Kier alpha value is -1.26. The molecule has 0 saturated carbocycles. The zero-order valence-electron chi connectivity index (χ0n) is 14.3. The van der Waals surface area contributed by atoms with Crippen molar-refractivity contribution in [2.45, 2.75) is 27.2 Å². The first-order chi connectivity index (χ1) is 9.85. The second kappa shape index (κ2) is 9.70. The Kier molecular flexibility index (Phi) is 9.14. The van der Waals surface area contributed by atoms with Crippen LogP contribution in [0.4, 0.5) is 0 Å². The van der Waals surface area contributed by atoms with Crippen molar-refractivity contribution in [3.05, 3.63) is 29.8 Å². The molecule has 0 fully saturated rings. The second-order valence-corrected chi connectivity index (χ2v) is 6.50. The molecule has 1 aromatic rings. The molecule has 0 aliphatic rings. The number of amides is 1. The number of nitrogens with zero attached hydrogens (tertiary/aromatic N) is 1. The van der Waals surface area contributed by atoms with Gasteiger partial charge in [-0.1, -0.05) is 32.9 Å². The minimum atomic E-state index is 0. The van der Waals surface area contributed by atoms with Gasteiger partial charge in [0.2, 0.25) is 5.91 Å². The number of likely N-dealkylation sites (N-methyl/N-ethyl adjacent to an activating group) is 1. The van der Waals surface area contributed by atoms with Gasteiger partial charge < -0.3 is 15.0 Å².